The number of aromatic nitrogens is 5. The Morgan fingerprint density at radius 1 is 1.13 bits per heavy atom. The van der Waals surface area contributed by atoms with Gasteiger partial charge in [-0.05, 0) is 43.7 Å². The maximum Gasteiger partial charge on any atom is 0.231 e. The van der Waals surface area contributed by atoms with Crippen LogP contribution < -0.4 is 10.2 Å². The number of sulfone groups is 1. The third-order valence-corrected chi connectivity index (χ3v) is 6.07. The van der Waals surface area contributed by atoms with Gasteiger partial charge in [0.1, 0.15) is 11.6 Å². The van der Waals surface area contributed by atoms with Crippen molar-refractivity contribution in [1.82, 2.24) is 25.1 Å². The van der Waals surface area contributed by atoms with Gasteiger partial charge in [-0.15, -0.1) is 0 Å². The van der Waals surface area contributed by atoms with E-state index < -0.39 is 15.7 Å². The maximum atomic E-state index is 13.9. The van der Waals surface area contributed by atoms with Crippen LogP contribution in [-0.2, 0) is 9.84 Å². The summed E-state index contributed by atoms with van der Waals surface area (Å²) in [6.07, 6.45) is 2.73. The SMILES string of the molecule is Cc1ccc(N(C)c2nccc(Nc3n[nH]c4nc(C)c(F)cc34)n2)cc1S(C)(=O)=O. The smallest absolute Gasteiger partial charge is 0.231 e. The summed E-state index contributed by atoms with van der Waals surface area (Å²) in [4.78, 5) is 14.8. The number of H-pyrrole nitrogens is 1. The standard InChI is InChI=1S/C20H20FN7O2S/c1-11-5-6-13(9-16(11)31(4,29)30)28(3)20-22-8-7-17(25-20)24-19-14-10-15(21)12(2)23-18(14)26-27-19/h5-10H,1-4H3,(H2,22,23,24,25,26,27). The quantitative estimate of drug-likeness (QED) is 0.484. The average Bonchev–Trinajstić information content (AvgIpc) is 3.09. The van der Waals surface area contributed by atoms with Crippen LogP contribution in [0.2, 0.25) is 0 Å². The topological polar surface area (TPSA) is 117 Å². The van der Waals surface area contributed by atoms with Crippen LogP contribution in [0.25, 0.3) is 11.0 Å². The Balaban J connectivity index is 1.66. The predicted octanol–water partition coefficient (Wildman–Crippen LogP) is 3.42. The number of hydrogen-bond acceptors (Lipinski definition) is 8. The molecule has 160 valence electrons. The van der Waals surface area contributed by atoms with Crippen LogP contribution in [-0.4, -0.2) is 46.9 Å². The second kappa shape index (κ2) is 7.58. The Morgan fingerprint density at radius 2 is 1.90 bits per heavy atom. The molecule has 0 aliphatic carbocycles. The highest BCUT2D eigenvalue weighted by atomic mass is 32.2. The largest absolute Gasteiger partial charge is 0.323 e. The van der Waals surface area contributed by atoms with E-state index in [9.17, 15) is 12.8 Å². The zero-order valence-corrected chi connectivity index (χ0v) is 18.1. The molecule has 0 amide bonds. The lowest BCUT2D eigenvalue weighted by molar-refractivity contribution is 0.601. The molecular formula is C20H20FN7O2S. The summed E-state index contributed by atoms with van der Waals surface area (Å²) in [5.74, 6) is 0.722. The lowest BCUT2D eigenvalue weighted by atomic mass is 10.2. The van der Waals surface area contributed by atoms with Crippen molar-refractivity contribution in [3.63, 3.8) is 0 Å². The van der Waals surface area contributed by atoms with E-state index in [-0.39, 0.29) is 10.6 Å². The number of aryl methyl sites for hydroxylation is 2. The molecule has 0 radical (unpaired) electrons. The Labute approximate surface area is 178 Å². The number of fused-ring (bicyclic) bond motifs is 1. The van der Waals surface area contributed by atoms with Crippen LogP contribution in [0.15, 0.2) is 41.4 Å². The van der Waals surface area contributed by atoms with Crippen molar-refractivity contribution in [3.8, 4) is 0 Å². The first-order valence-corrected chi connectivity index (χ1v) is 11.2. The summed E-state index contributed by atoms with van der Waals surface area (Å²) < 4.78 is 38.0. The molecule has 1 aromatic carbocycles. The second-order valence-corrected chi connectivity index (χ2v) is 9.16. The van der Waals surface area contributed by atoms with Crippen molar-refractivity contribution in [1.29, 1.82) is 0 Å². The third-order valence-electron chi connectivity index (χ3n) is 4.83. The molecule has 0 aliphatic heterocycles. The number of pyridine rings is 1. The predicted molar refractivity (Wildman–Crippen MR) is 116 cm³/mol. The first kappa shape index (κ1) is 20.7. The zero-order chi connectivity index (χ0) is 22.3. The minimum atomic E-state index is -3.37. The summed E-state index contributed by atoms with van der Waals surface area (Å²) in [5, 5.41) is 10.4. The molecule has 0 spiro atoms. The normalized spacial score (nSPS) is 11.6. The van der Waals surface area contributed by atoms with E-state index in [1.165, 1.54) is 12.3 Å². The number of anilines is 4. The molecule has 11 heteroatoms. The van der Waals surface area contributed by atoms with Crippen molar-refractivity contribution in [2.45, 2.75) is 18.7 Å². The number of rotatable bonds is 5. The van der Waals surface area contributed by atoms with Crippen LogP contribution in [0.3, 0.4) is 0 Å². The minimum absolute atomic E-state index is 0.249. The summed E-state index contributed by atoms with van der Waals surface area (Å²) in [6, 6.07) is 8.13. The Hall–Kier alpha value is -3.60. The van der Waals surface area contributed by atoms with Gasteiger partial charge in [0.05, 0.1) is 16.0 Å². The number of nitrogens with zero attached hydrogens (tertiary/aromatic N) is 5. The molecule has 0 unspecified atom stereocenters. The molecule has 0 saturated heterocycles. The van der Waals surface area contributed by atoms with E-state index >= 15 is 0 Å². The fourth-order valence-electron chi connectivity index (χ4n) is 3.12. The fraction of sp³-hybridized carbons (Fsp3) is 0.200. The van der Waals surface area contributed by atoms with Gasteiger partial charge in [0.15, 0.2) is 21.3 Å². The first-order valence-electron chi connectivity index (χ1n) is 9.29. The molecule has 31 heavy (non-hydrogen) atoms. The van der Waals surface area contributed by atoms with Gasteiger partial charge in [-0.3, -0.25) is 5.10 Å². The molecule has 3 heterocycles. The Kier molecular flexibility index (Phi) is 5.05. The number of benzene rings is 1. The zero-order valence-electron chi connectivity index (χ0n) is 17.3. The number of aromatic amines is 1. The summed E-state index contributed by atoms with van der Waals surface area (Å²) in [7, 11) is -1.63. The van der Waals surface area contributed by atoms with Crippen LogP contribution in [0.1, 0.15) is 11.3 Å². The van der Waals surface area contributed by atoms with Crippen molar-refractivity contribution in [2.75, 3.05) is 23.5 Å². The van der Waals surface area contributed by atoms with Crippen molar-refractivity contribution in [3.05, 3.63) is 53.6 Å². The van der Waals surface area contributed by atoms with Crippen molar-refractivity contribution < 1.29 is 12.8 Å². The highest BCUT2D eigenvalue weighted by Crippen LogP contribution is 2.28. The van der Waals surface area contributed by atoms with Crippen molar-refractivity contribution in [2.24, 2.45) is 0 Å². The minimum Gasteiger partial charge on any atom is -0.323 e. The molecule has 0 atom stereocenters. The van der Waals surface area contributed by atoms with Crippen LogP contribution in [0, 0.1) is 19.7 Å². The highest BCUT2D eigenvalue weighted by Gasteiger charge is 2.16. The summed E-state index contributed by atoms with van der Waals surface area (Å²) >= 11 is 0. The molecule has 4 aromatic rings. The van der Waals surface area contributed by atoms with Gasteiger partial charge in [-0.2, -0.15) is 10.1 Å². The third kappa shape index (κ3) is 4.04. The Morgan fingerprint density at radius 3 is 2.65 bits per heavy atom. The van der Waals surface area contributed by atoms with Gasteiger partial charge < -0.3 is 10.2 Å². The molecule has 0 bridgehead atoms. The first-order chi connectivity index (χ1) is 14.6. The lowest BCUT2D eigenvalue weighted by Crippen LogP contribution is -2.14. The van der Waals surface area contributed by atoms with Gasteiger partial charge in [0, 0.05) is 25.2 Å². The lowest BCUT2D eigenvalue weighted by Gasteiger charge is -2.19. The van der Waals surface area contributed by atoms with Crippen molar-refractivity contribution >= 4 is 44.1 Å². The number of hydrogen-bond donors (Lipinski definition) is 2. The van der Waals surface area contributed by atoms with Crippen LogP contribution >= 0.6 is 0 Å². The molecule has 4 rings (SSSR count). The van der Waals surface area contributed by atoms with Gasteiger partial charge >= 0.3 is 0 Å². The van der Waals surface area contributed by atoms with Gasteiger partial charge in [-0.1, -0.05) is 6.07 Å². The molecule has 3 aromatic heterocycles. The van der Waals surface area contributed by atoms with E-state index in [0.29, 0.717) is 39.9 Å². The van der Waals surface area contributed by atoms with Gasteiger partial charge in [-0.25, -0.2) is 22.8 Å². The van der Waals surface area contributed by atoms with E-state index in [4.69, 9.17) is 0 Å². The maximum absolute atomic E-state index is 13.9. The number of nitrogens with one attached hydrogen (secondary N) is 2. The molecule has 0 fully saturated rings. The van der Waals surface area contributed by atoms with E-state index in [1.807, 2.05) is 0 Å². The highest BCUT2D eigenvalue weighted by molar-refractivity contribution is 7.90. The monoisotopic (exact) mass is 441 g/mol. The molecule has 9 nitrogen and oxygen atoms in total. The van der Waals surface area contributed by atoms with E-state index in [1.54, 1.807) is 56.3 Å². The Bertz CT molecular complexity index is 1400. The summed E-state index contributed by atoms with van der Waals surface area (Å²) in [6.45, 7) is 3.32. The average molecular weight is 441 g/mol. The van der Waals surface area contributed by atoms with Crippen LogP contribution in [0.5, 0.6) is 0 Å². The molecular weight excluding hydrogens is 421 g/mol. The van der Waals surface area contributed by atoms with Gasteiger partial charge in [0.25, 0.3) is 0 Å². The van der Waals surface area contributed by atoms with E-state index in [2.05, 4.69) is 30.5 Å². The molecule has 2 N–H and O–H groups in total. The molecule has 0 aliphatic rings. The summed E-state index contributed by atoms with van der Waals surface area (Å²) in [5.41, 5.74) is 2.02. The fourth-order valence-corrected chi connectivity index (χ4v) is 4.11. The van der Waals surface area contributed by atoms with Gasteiger partial charge in [0.2, 0.25) is 5.95 Å². The molecule has 0 saturated carbocycles. The van der Waals surface area contributed by atoms with E-state index in [0.717, 1.165) is 0 Å². The number of halogens is 1. The van der Waals surface area contributed by atoms with Crippen LogP contribution in [0.4, 0.5) is 27.7 Å². The second-order valence-electron chi connectivity index (χ2n) is 7.17.